The van der Waals surface area contributed by atoms with E-state index in [9.17, 15) is 9.59 Å². The smallest absolute Gasteiger partial charge is 0.265 e. The lowest BCUT2D eigenvalue weighted by atomic mass is 10.1. The number of likely N-dealkylation sites (N-methyl/N-ethyl adjacent to an activating group) is 2. The first kappa shape index (κ1) is 15.4. The van der Waals surface area contributed by atoms with Gasteiger partial charge in [0.25, 0.3) is 11.8 Å². The van der Waals surface area contributed by atoms with Crippen molar-refractivity contribution >= 4 is 35.2 Å². The van der Waals surface area contributed by atoms with Crippen molar-refractivity contribution in [2.45, 2.75) is 27.7 Å². The summed E-state index contributed by atoms with van der Waals surface area (Å²) in [7, 11) is 0. The molecular weight excluding hydrogens is 288 g/mol. The van der Waals surface area contributed by atoms with Gasteiger partial charge in [-0.05, 0) is 52.1 Å². The third kappa shape index (κ3) is 2.63. The first-order chi connectivity index (χ1) is 9.90. The molecule has 5 nitrogen and oxygen atoms in total. The molecule has 1 aliphatic rings. The van der Waals surface area contributed by atoms with E-state index >= 15 is 0 Å². The van der Waals surface area contributed by atoms with E-state index in [1.54, 1.807) is 13.0 Å². The largest absolute Gasteiger partial charge is 0.466 e. The summed E-state index contributed by atoms with van der Waals surface area (Å²) in [4.78, 5) is 27.8. The van der Waals surface area contributed by atoms with Gasteiger partial charge in [-0.1, -0.05) is 0 Å². The number of carbonyl (C=O) groups excluding carboxylic acids is 2. The molecule has 0 unspecified atom stereocenters. The van der Waals surface area contributed by atoms with Crippen LogP contribution in [0.2, 0.25) is 0 Å². The molecule has 2 amide bonds. The molecule has 1 aromatic rings. The summed E-state index contributed by atoms with van der Waals surface area (Å²) in [6.45, 7) is 8.16. The third-order valence-corrected chi connectivity index (χ3v) is 3.87. The second-order valence-electron chi connectivity index (χ2n) is 4.81. The number of carbonyl (C=O) groups is 2. The van der Waals surface area contributed by atoms with E-state index in [0.29, 0.717) is 18.8 Å². The number of hydrogen-bond acceptors (Lipinski definition) is 4. The molecule has 6 heteroatoms. The fourth-order valence-corrected chi connectivity index (χ4v) is 2.76. The molecular formula is C15H18N2O3S. The van der Waals surface area contributed by atoms with Crippen molar-refractivity contribution in [1.82, 2.24) is 9.80 Å². The van der Waals surface area contributed by atoms with Crippen LogP contribution in [0.25, 0.3) is 6.08 Å². The quantitative estimate of drug-likeness (QED) is 0.488. The van der Waals surface area contributed by atoms with Crippen LogP contribution < -0.4 is 0 Å². The van der Waals surface area contributed by atoms with E-state index in [1.807, 2.05) is 26.8 Å². The van der Waals surface area contributed by atoms with Gasteiger partial charge in [-0.3, -0.25) is 19.4 Å². The highest BCUT2D eigenvalue weighted by Crippen LogP contribution is 2.23. The van der Waals surface area contributed by atoms with Gasteiger partial charge in [0.15, 0.2) is 5.11 Å². The number of rotatable bonds is 3. The Morgan fingerprint density at radius 1 is 1.14 bits per heavy atom. The minimum absolute atomic E-state index is 0.121. The van der Waals surface area contributed by atoms with E-state index in [4.69, 9.17) is 16.6 Å². The minimum Gasteiger partial charge on any atom is -0.466 e. The normalized spacial score (nSPS) is 16.0. The molecule has 0 saturated carbocycles. The van der Waals surface area contributed by atoms with Crippen LogP contribution in [0.3, 0.4) is 0 Å². The van der Waals surface area contributed by atoms with Crippen LogP contribution in [0.5, 0.6) is 0 Å². The van der Waals surface area contributed by atoms with Crippen molar-refractivity contribution in [2.75, 3.05) is 13.1 Å². The number of nitrogens with zero attached hydrogens (tertiary/aromatic N) is 2. The number of furan rings is 1. The molecule has 1 aliphatic heterocycles. The van der Waals surface area contributed by atoms with E-state index in [0.717, 1.165) is 11.3 Å². The third-order valence-electron chi connectivity index (χ3n) is 3.42. The molecule has 0 bridgehead atoms. The maximum Gasteiger partial charge on any atom is 0.265 e. The lowest BCUT2D eigenvalue weighted by Gasteiger charge is -2.35. The van der Waals surface area contributed by atoms with Crippen LogP contribution in [-0.2, 0) is 9.59 Å². The molecule has 2 rings (SSSR count). The van der Waals surface area contributed by atoms with Gasteiger partial charge in [-0.2, -0.15) is 0 Å². The van der Waals surface area contributed by atoms with Crippen LogP contribution in [0.1, 0.15) is 30.9 Å². The van der Waals surface area contributed by atoms with Crippen molar-refractivity contribution in [3.05, 3.63) is 28.7 Å². The van der Waals surface area contributed by atoms with Crippen molar-refractivity contribution in [3.63, 3.8) is 0 Å². The Morgan fingerprint density at radius 3 is 2.05 bits per heavy atom. The summed E-state index contributed by atoms with van der Waals surface area (Å²) >= 11 is 5.21. The fourth-order valence-electron chi connectivity index (χ4n) is 2.33. The Morgan fingerprint density at radius 2 is 1.67 bits per heavy atom. The predicted octanol–water partition coefficient (Wildman–Crippen LogP) is 2.28. The van der Waals surface area contributed by atoms with E-state index in [-0.39, 0.29) is 22.5 Å². The zero-order valence-electron chi connectivity index (χ0n) is 12.6. The van der Waals surface area contributed by atoms with Gasteiger partial charge in [-0.15, -0.1) is 0 Å². The highest BCUT2D eigenvalue weighted by atomic mass is 32.1. The van der Waals surface area contributed by atoms with Crippen LogP contribution >= 0.6 is 12.2 Å². The SMILES string of the molecule is CCN1C(=O)C(=Cc2cc(C)oc2C)C(=O)N(CC)C1=S. The van der Waals surface area contributed by atoms with Gasteiger partial charge in [0.2, 0.25) is 0 Å². The van der Waals surface area contributed by atoms with Gasteiger partial charge in [0.1, 0.15) is 17.1 Å². The molecule has 21 heavy (non-hydrogen) atoms. The summed E-state index contributed by atoms with van der Waals surface area (Å²) in [6, 6.07) is 1.81. The summed E-state index contributed by atoms with van der Waals surface area (Å²) in [5.41, 5.74) is 0.861. The number of aryl methyl sites for hydroxylation is 2. The molecule has 0 spiro atoms. The molecule has 0 radical (unpaired) electrons. The monoisotopic (exact) mass is 306 g/mol. The van der Waals surface area contributed by atoms with Crippen LogP contribution in [-0.4, -0.2) is 39.8 Å². The van der Waals surface area contributed by atoms with Gasteiger partial charge < -0.3 is 4.42 Å². The van der Waals surface area contributed by atoms with E-state index < -0.39 is 0 Å². The number of amides is 2. The summed E-state index contributed by atoms with van der Waals surface area (Å²) in [5, 5.41) is 0.271. The standard InChI is InChI=1S/C15H18N2O3S/c1-5-16-13(18)12(14(19)17(6-2)15(16)21)8-11-7-9(3)20-10(11)4/h7-8H,5-6H2,1-4H3. The number of hydrogen-bond donors (Lipinski definition) is 0. The summed E-state index contributed by atoms with van der Waals surface area (Å²) < 4.78 is 5.43. The topological polar surface area (TPSA) is 53.8 Å². The average Bonchev–Trinajstić information content (AvgIpc) is 2.74. The van der Waals surface area contributed by atoms with Crippen LogP contribution in [0.4, 0.5) is 0 Å². The Hall–Kier alpha value is -1.95. The Bertz CT molecular complexity index is 617. The zero-order chi connectivity index (χ0) is 15.7. The average molecular weight is 306 g/mol. The van der Waals surface area contributed by atoms with Gasteiger partial charge in [0.05, 0.1) is 0 Å². The second kappa shape index (κ2) is 5.81. The molecule has 0 atom stereocenters. The van der Waals surface area contributed by atoms with Gasteiger partial charge in [-0.25, -0.2) is 0 Å². The first-order valence-electron chi connectivity index (χ1n) is 6.87. The highest BCUT2D eigenvalue weighted by Gasteiger charge is 2.37. The minimum atomic E-state index is -0.351. The lowest BCUT2D eigenvalue weighted by molar-refractivity contribution is -0.133. The Kier molecular flexibility index (Phi) is 4.27. The van der Waals surface area contributed by atoms with Gasteiger partial charge in [0, 0.05) is 18.7 Å². The molecule has 1 fully saturated rings. The van der Waals surface area contributed by atoms with E-state index in [2.05, 4.69) is 0 Å². The molecule has 0 N–H and O–H groups in total. The molecule has 0 aliphatic carbocycles. The van der Waals surface area contributed by atoms with Crippen molar-refractivity contribution in [1.29, 1.82) is 0 Å². The summed E-state index contributed by atoms with van der Waals surface area (Å²) in [5.74, 6) is 0.719. The zero-order valence-corrected chi connectivity index (χ0v) is 13.4. The fraction of sp³-hybridized carbons (Fsp3) is 0.400. The van der Waals surface area contributed by atoms with Crippen molar-refractivity contribution in [2.24, 2.45) is 0 Å². The molecule has 1 saturated heterocycles. The van der Waals surface area contributed by atoms with E-state index in [1.165, 1.54) is 9.80 Å². The maximum atomic E-state index is 12.5. The predicted molar refractivity (Wildman–Crippen MR) is 83.5 cm³/mol. The number of thiocarbonyl (C=S) groups is 1. The van der Waals surface area contributed by atoms with Crippen LogP contribution in [0.15, 0.2) is 16.1 Å². The molecule has 2 heterocycles. The Balaban J connectivity index is 2.50. The second-order valence-corrected chi connectivity index (χ2v) is 5.17. The maximum absolute atomic E-state index is 12.5. The molecule has 0 aromatic carbocycles. The van der Waals surface area contributed by atoms with Gasteiger partial charge >= 0.3 is 0 Å². The molecule has 112 valence electrons. The highest BCUT2D eigenvalue weighted by molar-refractivity contribution is 7.80. The first-order valence-corrected chi connectivity index (χ1v) is 7.27. The summed E-state index contributed by atoms with van der Waals surface area (Å²) in [6.07, 6.45) is 1.59. The molecule has 1 aromatic heterocycles. The van der Waals surface area contributed by atoms with Crippen LogP contribution in [0, 0.1) is 13.8 Å². The van der Waals surface area contributed by atoms with Crippen molar-refractivity contribution in [3.8, 4) is 0 Å². The lowest BCUT2D eigenvalue weighted by Crippen LogP contribution is -2.55. The Labute approximate surface area is 129 Å². The van der Waals surface area contributed by atoms with Crippen molar-refractivity contribution < 1.29 is 14.0 Å².